The summed E-state index contributed by atoms with van der Waals surface area (Å²) in [6.45, 7) is 8.09. The Bertz CT molecular complexity index is 541. The first-order chi connectivity index (χ1) is 10.1. The summed E-state index contributed by atoms with van der Waals surface area (Å²) in [7, 11) is 0. The van der Waals surface area contributed by atoms with Crippen molar-refractivity contribution in [2.45, 2.75) is 45.6 Å². The van der Waals surface area contributed by atoms with Crippen molar-refractivity contribution in [1.29, 1.82) is 0 Å². The first-order valence-corrected chi connectivity index (χ1v) is 7.73. The average Bonchev–Trinajstić information content (AvgIpc) is 2.92. The van der Waals surface area contributed by atoms with Crippen LogP contribution in [0.3, 0.4) is 0 Å². The molecule has 1 atom stereocenters. The molecule has 0 bridgehead atoms. The number of nitrogens with zero attached hydrogens (tertiary/aromatic N) is 3. The summed E-state index contributed by atoms with van der Waals surface area (Å²) in [6, 6.07) is 10.5. The van der Waals surface area contributed by atoms with Gasteiger partial charge >= 0.3 is 0 Å². The van der Waals surface area contributed by atoms with E-state index >= 15 is 0 Å². The van der Waals surface area contributed by atoms with Crippen LogP contribution in [0.1, 0.15) is 38.6 Å². The summed E-state index contributed by atoms with van der Waals surface area (Å²) in [5.41, 5.74) is 7.38. The molecule has 1 heterocycles. The highest BCUT2D eigenvalue weighted by molar-refractivity contribution is 5.27. The molecular formula is C17H26N4. The van der Waals surface area contributed by atoms with Gasteiger partial charge < -0.3 is 5.73 Å². The van der Waals surface area contributed by atoms with Gasteiger partial charge in [-0.15, -0.1) is 0 Å². The Kier molecular flexibility index (Phi) is 5.12. The molecule has 0 amide bonds. The molecule has 114 valence electrons. The fourth-order valence-corrected chi connectivity index (χ4v) is 2.78. The van der Waals surface area contributed by atoms with Crippen LogP contribution in [-0.2, 0) is 18.4 Å². The van der Waals surface area contributed by atoms with E-state index in [1.54, 1.807) is 6.33 Å². The topological polar surface area (TPSA) is 56.7 Å². The third-order valence-electron chi connectivity index (χ3n) is 4.18. The largest absolute Gasteiger partial charge is 0.330 e. The standard InChI is InChI=1S/C17H26N4/c1-4-17(12-18,15-8-6-5-7-9-15)10-16-19-13-20-21(16)11-14(2)3/h5-9,13-14H,4,10-12,18H2,1-3H3. The SMILES string of the molecule is CCC(CN)(Cc1ncnn1CC(C)C)c1ccccc1. The van der Waals surface area contributed by atoms with Crippen molar-refractivity contribution in [3.8, 4) is 0 Å². The Hall–Kier alpha value is -1.68. The van der Waals surface area contributed by atoms with Crippen LogP contribution in [0.25, 0.3) is 0 Å². The predicted molar refractivity (Wildman–Crippen MR) is 86.0 cm³/mol. The van der Waals surface area contributed by atoms with Crippen LogP contribution in [0.15, 0.2) is 36.7 Å². The zero-order valence-corrected chi connectivity index (χ0v) is 13.3. The molecule has 1 aromatic carbocycles. The molecular weight excluding hydrogens is 260 g/mol. The number of hydrogen-bond acceptors (Lipinski definition) is 3. The van der Waals surface area contributed by atoms with Gasteiger partial charge in [0.15, 0.2) is 0 Å². The number of rotatable bonds is 7. The maximum Gasteiger partial charge on any atom is 0.138 e. The normalized spacial score (nSPS) is 14.3. The second-order valence-corrected chi connectivity index (χ2v) is 6.13. The fourth-order valence-electron chi connectivity index (χ4n) is 2.78. The van der Waals surface area contributed by atoms with Gasteiger partial charge in [0, 0.05) is 24.9 Å². The number of aromatic nitrogens is 3. The maximum atomic E-state index is 6.16. The van der Waals surface area contributed by atoms with E-state index in [0.29, 0.717) is 12.5 Å². The summed E-state index contributed by atoms with van der Waals surface area (Å²) in [4.78, 5) is 4.47. The molecule has 0 aliphatic heterocycles. The van der Waals surface area contributed by atoms with E-state index in [-0.39, 0.29) is 5.41 Å². The van der Waals surface area contributed by atoms with E-state index in [1.807, 2.05) is 10.7 Å². The van der Waals surface area contributed by atoms with Gasteiger partial charge in [0.25, 0.3) is 0 Å². The van der Waals surface area contributed by atoms with Gasteiger partial charge in [-0.3, -0.25) is 0 Å². The van der Waals surface area contributed by atoms with Crippen molar-refractivity contribution < 1.29 is 0 Å². The van der Waals surface area contributed by atoms with E-state index in [0.717, 1.165) is 25.2 Å². The maximum absolute atomic E-state index is 6.16. The fraction of sp³-hybridized carbons (Fsp3) is 0.529. The van der Waals surface area contributed by atoms with Crippen molar-refractivity contribution in [1.82, 2.24) is 14.8 Å². The zero-order chi connectivity index (χ0) is 15.3. The van der Waals surface area contributed by atoms with Crippen LogP contribution >= 0.6 is 0 Å². The summed E-state index contributed by atoms with van der Waals surface area (Å²) in [5, 5.41) is 4.37. The summed E-state index contributed by atoms with van der Waals surface area (Å²) >= 11 is 0. The van der Waals surface area contributed by atoms with E-state index in [9.17, 15) is 0 Å². The van der Waals surface area contributed by atoms with Crippen molar-refractivity contribution >= 4 is 0 Å². The Balaban J connectivity index is 2.31. The lowest BCUT2D eigenvalue weighted by atomic mass is 9.75. The van der Waals surface area contributed by atoms with Gasteiger partial charge in [0.1, 0.15) is 12.2 Å². The Morgan fingerprint density at radius 3 is 2.52 bits per heavy atom. The molecule has 0 aliphatic rings. The van der Waals surface area contributed by atoms with Crippen molar-refractivity contribution in [3.05, 3.63) is 48.0 Å². The highest BCUT2D eigenvalue weighted by atomic mass is 15.3. The van der Waals surface area contributed by atoms with Gasteiger partial charge in [-0.1, -0.05) is 51.1 Å². The first-order valence-electron chi connectivity index (χ1n) is 7.73. The minimum atomic E-state index is -0.0664. The third-order valence-corrected chi connectivity index (χ3v) is 4.18. The molecule has 2 aromatic rings. The van der Waals surface area contributed by atoms with Crippen LogP contribution in [0.4, 0.5) is 0 Å². The average molecular weight is 286 g/mol. The molecule has 0 fully saturated rings. The molecule has 2 rings (SSSR count). The summed E-state index contributed by atoms with van der Waals surface area (Å²) < 4.78 is 2.02. The third kappa shape index (κ3) is 3.50. The van der Waals surface area contributed by atoms with E-state index < -0.39 is 0 Å². The molecule has 4 heteroatoms. The lowest BCUT2D eigenvalue weighted by Gasteiger charge is -2.32. The molecule has 0 saturated heterocycles. The second-order valence-electron chi connectivity index (χ2n) is 6.13. The lowest BCUT2D eigenvalue weighted by Crippen LogP contribution is -2.38. The van der Waals surface area contributed by atoms with E-state index in [1.165, 1.54) is 5.56 Å². The molecule has 1 aromatic heterocycles. The molecule has 0 radical (unpaired) electrons. The second kappa shape index (κ2) is 6.85. The van der Waals surface area contributed by atoms with Crippen molar-refractivity contribution in [3.63, 3.8) is 0 Å². The minimum Gasteiger partial charge on any atom is -0.330 e. The van der Waals surface area contributed by atoms with Gasteiger partial charge in [-0.2, -0.15) is 5.10 Å². The van der Waals surface area contributed by atoms with Gasteiger partial charge in [-0.25, -0.2) is 9.67 Å². The smallest absolute Gasteiger partial charge is 0.138 e. The number of nitrogens with two attached hydrogens (primary N) is 1. The van der Waals surface area contributed by atoms with Gasteiger partial charge in [0.05, 0.1) is 0 Å². The minimum absolute atomic E-state index is 0.0664. The molecule has 1 unspecified atom stereocenters. The van der Waals surface area contributed by atoms with Crippen molar-refractivity contribution in [2.24, 2.45) is 11.7 Å². The molecule has 0 saturated carbocycles. The zero-order valence-electron chi connectivity index (χ0n) is 13.3. The monoisotopic (exact) mass is 286 g/mol. The Labute approximate surface area is 127 Å². The Morgan fingerprint density at radius 1 is 1.24 bits per heavy atom. The highest BCUT2D eigenvalue weighted by Crippen LogP contribution is 2.30. The van der Waals surface area contributed by atoms with Crippen LogP contribution in [-0.4, -0.2) is 21.3 Å². The highest BCUT2D eigenvalue weighted by Gasteiger charge is 2.31. The van der Waals surface area contributed by atoms with Crippen LogP contribution in [0.2, 0.25) is 0 Å². The van der Waals surface area contributed by atoms with Crippen LogP contribution < -0.4 is 5.73 Å². The van der Waals surface area contributed by atoms with Gasteiger partial charge in [-0.05, 0) is 17.9 Å². The lowest BCUT2D eigenvalue weighted by molar-refractivity contribution is 0.384. The summed E-state index contributed by atoms with van der Waals surface area (Å²) in [6.07, 6.45) is 3.47. The molecule has 21 heavy (non-hydrogen) atoms. The molecule has 0 spiro atoms. The number of hydrogen-bond donors (Lipinski definition) is 1. The van der Waals surface area contributed by atoms with Crippen LogP contribution in [0.5, 0.6) is 0 Å². The molecule has 2 N–H and O–H groups in total. The molecule has 4 nitrogen and oxygen atoms in total. The summed E-state index contributed by atoms with van der Waals surface area (Å²) in [5.74, 6) is 1.58. The first kappa shape index (κ1) is 15.7. The molecule has 0 aliphatic carbocycles. The number of benzene rings is 1. The van der Waals surface area contributed by atoms with E-state index in [4.69, 9.17) is 5.73 Å². The predicted octanol–water partition coefficient (Wildman–Crippen LogP) is 2.78. The van der Waals surface area contributed by atoms with Crippen molar-refractivity contribution in [2.75, 3.05) is 6.54 Å². The Morgan fingerprint density at radius 2 is 1.95 bits per heavy atom. The van der Waals surface area contributed by atoms with Gasteiger partial charge in [0.2, 0.25) is 0 Å². The van der Waals surface area contributed by atoms with Crippen LogP contribution in [0, 0.1) is 5.92 Å². The quantitative estimate of drug-likeness (QED) is 0.851. The van der Waals surface area contributed by atoms with E-state index in [2.05, 4.69) is 55.1 Å².